The molecule has 2 N–H and O–H groups in total. The van der Waals surface area contributed by atoms with Gasteiger partial charge in [-0.25, -0.2) is 5.43 Å². The largest absolute Gasteiger partial charge is 0.289 e. The molecule has 0 aliphatic heterocycles. The zero-order valence-corrected chi connectivity index (χ0v) is 14.9. The van der Waals surface area contributed by atoms with Crippen LogP contribution in [-0.2, 0) is 0 Å². The van der Waals surface area contributed by atoms with Gasteiger partial charge in [-0.2, -0.15) is 10.2 Å². The number of H-pyrrole nitrogens is 1. The van der Waals surface area contributed by atoms with Gasteiger partial charge in [0, 0.05) is 10.6 Å². The Morgan fingerprint density at radius 2 is 1.80 bits per heavy atom. The second kappa shape index (κ2) is 7.70. The third-order valence-corrected chi connectivity index (χ3v) is 4.28. The smallest absolute Gasteiger partial charge is 0.272 e. The second-order valence-electron chi connectivity index (χ2n) is 5.05. The molecule has 0 spiro atoms. The summed E-state index contributed by atoms with van der Waals surface area (Å²) in [6.07, 6.45) is 1.47. The first-order valence-corrected chi connectivity index (χ1v) is 8.26. The Kier molecular flexibility index (Phi) is 5.38. The van der Waals surface area contributed by atoms with E-state index in [9.17, 15) is 4.79 Å². The second-order valence-corrected chi connectivity index (χ2v) is 6.30. The molecule has 8 heteroatoms. The number of rotatable bonds is 4. The maximum atomic E-state index is 12.1. The average molecular weight is 394 g/mol. The van der Waals surface area contributed by atoms with Crippen LogP contribution in [0, 0.1) is 0 Å². The maximum absolute atomic E-state index is 12.1. The number of hydrogen-bond donors (Lipinski definition) is 2. The number of aromatic nitrogens is 2. The predicted octanol–water partition coefficient (Wildman–Crippen LogP) is 4.80. The number of hydrogen-bond acceptors (Lipinski definition) is 3. The topological polar surface area (TPSA) is 70.1 Å². The monoisotopic (exact) mass is 392 g/mol. The number of aromatic amines is 1. The molecule has 3 aromatic rings. The molecule has 0 saturated carbocycles. The lowest BCUT2D eigenvalue weighted by Gasteiger charge is -1.98. The van der Waals surface area contributed by atoms with E-state index in [0.29, 0.717) is 26.3 Å². The van der Waals surface area contributed by atoms with E-state index in [1.807, 2.05) is 12.1 Å². The Morgan fingerprint density at radius 3 is 2.52 bits per heavy atom. The molecule has 3 rings (SSSR count). The zero-order valence-electron chi connectivity index (χ0n) is 12.6. The van der Waals surface area contributed by atoms with E-state index in [-0.39, 0.29) is 5.69 Å². The first kappa shape index (κ1) is 17.5. The van der Waals surface area contributed by atoms with Crippen molar-refractivity contribution in [3.05, 3.63) is 74.9 Å². The molecule has 0 unspecified atom stereocenters. The molecule has 1 aromatic heterocycles. The fraction of sp³-hybridized carbons (Fsp3) is 0. The van der Waals surface area contributed by atoms with Crippen LogP contribution in [-0.4, -0.2) is 22.3 Å². The van der Waals surface area contributed by atoms with Crippen LogP contribution in [0.3, 0.4) is 0 Å². The normalized spacial score (nSPS) is 11.0. The summed E-state index contributed by atoms with van der Waals surface area (Å²) in [5.74, 6) is -0.413. The number of amides is 1. The van der Waals surface area contributed by atoms with Gasteiger partial charge in [-0.1, -0.05) is 53.0 Å². The molecule has 25 heavy (non-hydrogen) atoms. The lowest BCUT2D eigenvalue weighted by atomic mass is 10.1. The van der Waals surface area contributed by atoms with Crippen molar-refractivity contribution in [2.75, 3.05) is 0 Å². The van der Waals surface area contributed by atoms with Crippen molar-refractivity contribution >= 4 is 46.9 Å². The molecule has 5 nitrogen and oxygen atoms in total. The third-order valence-electron chi connectivity index (χ3n) is 3.29. The lowest BCUT2D eigenvalue weighted by molar-refractivity contribution is 0.0950. The van der Waals surface area contributed by atoms with Crippen molar-refractivity contribution < 1.29 is 4.79 Å². The molecule has 0 bridgehead atoms. The molecule has 0 aliphatic carbocycles. The summed E-state index contributed by atoms with van der Waals surface area (Å²) in [7, 11) is 0. The molecule has 0 radical (unpaired) electrons. The first-order chi connectivity index (χ1) is 12.0. The summed E-state index contributed by atoms with van der Waals surface area (Å²) >= 11 is 17.6. The van der Waals surface area contributed by atoms with Gasteiger partial charge in [-0.15, -0.1) is 0 Å². The summed E-state index contributed by atoms with van der Waals surface area (Å²) < 4.78 is 0. The Bertz CT molecular complexity index is 935. The van der Waals surface area contributed by atoms with Gasteiger partial charge in [0.25, 0.3) is 5.91 Å². The first-order valence-electron chi connectivity index (χ1n) is 7.13. The quantitative estimate of drug-likeness (QED) is 0.494. The van der Waals surface area contributed by atoms with Crippen LogP contribution < -0.4 is 5.43 Å². The Labute approximate surface area is 158 Å². The Morgan fingerprint density at radius 1 is 1.04 bits per heavy atom. The van der Waals surface area contributed by atoms with Crippen molar-refractivity contribution in [3.8, 4) is 11.3 Å². The van der Waals surface area contributed by atoms with E-state index in [2.05, 4.69) is 20.7 Å². The molecular weight excluding hydrogens is 383 g/mol. The predicted molar refractivity (Wildman–Crippen MR) is 101 cm³/mol. The number of nitrogens with zero attached hydrogens (tertiary/aromatic N) is 2. The van der Waals surface area contributed by atoms with Gasteiger partial charge in [0.05, 0.1) is 22.0 Å². The van der Waals surface area contributed by atoms with Gasteiger partial charge in [0.15, 0.2) is 0 Å². The van der Waals surface area contributed by atoms with Crippen LogP contribution in [0.5, 0.6) is 0 Å². The highest BCUT2D eigenvalue weighted by Gasteiger charge is 2.10. The Hall–Kier alpha value is -2.34. The van der Waals surface area contributed by atoms with E-state index in [1.54, 1.807) is 36.4 Å². The number of halogens is 3. The van der Waals surface area contributed by atoms with Gasteiger partial charge in [-0.3, -0.25) is 9.89 Å². The number of carbonyl (C=O) groups is 1. The van der Waals surface area contributed by atoms with Crippen molar-refractivity contribution in [3.63, 3.8) is 0 Å². The molecule has 0 fully saturated rings. The van der Waals surface area contributed by atoms with E-state index >= 15 is 0 Å². The standard InChI is InChI=1S/C17H11Cl3N4O/c18-12-4-2-11(3-5-12)15-8-16(23-22-15)17(25)24-21-9-10-1-6-13(19)14(20)7-10/h1-9H,(H,22,23)(H,24,25)/b21-9+. The van der Waals surface area contributed by atoms with E-state index < -0.39 is 5.91 Å². The SMILES string of the molecule is O=C(N/N=C/c1ccc(Cl)c(Cl)c1)c1cc(-c2ccc(Cl)cc2)n[nH]1. The summed E-state index contributed by atoms with van der Waals surface area (Å²) in [6, 6.07) is 13.8. The van der Waals surface area contributed by atoms with Crippen molar-refractivity contribution in [1.29, 1.82) is 0 Å². The summed E-state index contributed by atoms with van der Waals surface area (Å²) in [5.41, 5.74) is 4.90. The lowest BCUT2D eigenvalue weighted by Crippen LogP contribution is -2.17. The van der Waals surface area contributed by atoms with Gasteiger partial charge in [-0.05, 0) is 35.9 Å². The highest BCUT2D eigenvalue weighted by molar-refractivity contribution is 6.42. The van der Waals surface area contributed by atoms with Gasteiger partial charge in [0.2, 0.25) is 0 Å². The van der Waals surface area contributed by atoms with Crippen molar-refractivity contribution in [2.24, 2.45) is 5.10 Å². The highest BCUT2D eigenvalue weighted by Crippen LogP contribution is 2.22. The molecule has 0 atom stereocenters. The Balaban J connectivity index is 1.66. The number of carbonyl (C=O) groups excluding carboxylic acids is 1. The average Bonchev–Trinajstić information content (AvgIpc) is 3.09. The fourth-order valence-electron chi connectivity index (χ4n) is 2.02. The summed E-state index contributed by atoms with van der Waals surface area (Å²) in [6.45, 7) is 0. The van der Waals surface area contributed by atoms with Gasteiger partial charge >= 0.3 is 0 Å². The number of hydrazone groups is 1. The van der Waals surface area contributed by atoms with Crippen LogP contribution >= 0.6 is 34.8 Å². The van der Waals surface area contributed by atoms with Gasteiger partial charge < -0.3 is 0 Å². The highest BCUT2D eigenvalue weighted by atomic mass is 35.5. The maximum Gasteiger partial charge on any atom is 0.289 e. The molecule has 1 amide bonds. The molecule has 0 aliphatic rings. The minimum atomic E-state index is -0.413. The summed E-state index contributed by atoms with van der Waals surface area (Å²) in [5, 5.41) is 12.2. The molecule has 2 aromatic carbocycles. The van der Waals surface area contributed by atoms with Crippen molar-refractivity contribution in [1.82, 2.24) is 15.6 Å². The minimum Gasteiger partial charge on any atom is -0.272 e. The van der Waals surface area contributed by atoms with Crippen LogP contribution in [0.2, 0.25) is 15.1 Å². The van der Waals surface area contributed by atoms with E-state index in [0.717, 1.165) is 5.56 Å². The van der Waals surface area contributed by atoms with Crippen LogP contribution in [0.1, 0.15) is 16.1 Å². The zero-order chi connectivity index (χ0) is 17.8. The van der Waals surface area contributed by atoms with Crippen LogP contribution in [0.15, 0.2) is 53.6 Å². The van der Waals surface area contributed by atoms with Crippen LogP contribution in [0.4, 0.5) is 0 Å². The van der Waals surface area contributed by atoms with E-state index in [4.69, 9.17) is 34.8 Å². The number of benzene rings is 2. The van der Waals surface area contributed by atoms with Crippen molar-refractivity contribution in [2.45, 2.75) is 0 Å². The molecule has 0 saturated heterocycles. The molecule has 126 valence electrons. The van der Waals surface area contributed by atoms with Crippen LogP contribution in [0.25, 0.3) is 11.3 Å². The number of nitrogens with one attached hydrogen (secondary N) is 2. The fourth-order valence-corrected chi connectivity index (χ4v) is 2.46. The summed E-state index contributed by atoms with van der Waals surface area (Å²) in [4.78, 5) is 12.1. The minimum absolute atomic E-state index is 0.288. The van der Waals surface area contributed by atoms with E-state index in [1.165, 1.54) is 6.21 Å². The molecular formula is C17H11Cl3N4O. The third kappa shape index (κ3) is 4.39. The molecule has 1 heterocycles. The van der Waals surface area contributed by atoms with Gasteiger partial charge in [0.1, 0.15) is 5.69 Å².